The van der Waals surface area contributed by atoms with Crippen LogP contribution in [0, 0.1) is 0 Å². The first-order valence-electron chi connectivity index (χ1n) is 10.4. The fraction of sp³-hybridized carbons (Fsp3) is 0.409. The van der Waals surface area contributed by atoms with Crippen molar-refractivity contribution in [3.63, 3.8) is 0 Å². The third-order valence-electron chi connectivity index (χ3n) is 5.14. The smallest absolute Gasteiger partial charge is 0.245 e. The summed E-state index contributed by atoms with van der Waals surface area (Å²) in [6.07, 6.45) is 0.201. The minimum absolute atomic E-state index is 0.119. The van der Waals surface area contributed by atoms with Gasteiger partial charge in [-0.05, 0) is 30.2 Å². The standard InChI is InChI=1S/C22H28ClN3O5S/c1-30-20-8-7-18(23)16-21(20)32(28,29)25-19(15-17-5-3-2-4-6-17)22(27)24-9-10-26-11-13-31-14-12-26/h2-8,16,19,25H,9-15H2,1H3,(H,24,27)/t19-/m0/s1. The van der Waals surface area contributed by atoms with Gasteiger partial charge in [0.05, 0.1) is 20.3 Å². The number of benzene rings is 2. The molecule has 0 aliphatic carbocycles. The predicted octanol–water partition coefficient (Wildman–Crippen LogP) is 1.69. The van der Waals surface area contributed by atoms with E-state index in [1.54, 1.807) is 6.07 Å². The second-order valence-corrected chi connectivity index (χ2v) is 9.52. The minimum Gasteiger partial charge on any atom is -0.495 e. The van der Waals surface area contributed by atoms with E-state index >= 15 is 0 Å². The van der Waals surface area contributed by atoms with Crippen molar-refractivity contribution in [3.8, 4) is 5.75 Å². The van der Waals surface area contributed by atoms with Gasteiger partial charge in [0.2, 0.25) is 15.9 Å². The number of ether oxygens (including phenoxy) is 2. The molecule has 10 heteroatoms. The van der Waals surface area contributed by atoms with Crippen molar-refractivity contribution in [1.82, 2.24) is 14.9 Å². The summed E-state index contributed by atoms with van der Waals surface area (Å²) in [5.74, 6) is -0.250. The van der Waals surface area contributed by atoms with Crippen molar-refractivity contribution in [2.24, 2.45) is 0 Å². The fourth-order valence-electron chi connectivity index (χ4n) is 3.43. The van der Waals surface area contributed by atoms with Gasteiger partial charge in [-0.25, -0.2) is 8.42 Å². The molecule has 174 valence electrons. The molecule has 0 spiro atoms. The molecule has 1 atom stereocenters. The quantitative estimate of drug-likeness (QED) is 0.536. The monoisotopic (exact) mass is 481 g/mol. The normalized spacial score (nSPS) is 15.8. The van der Waals surface area contributed by atoms with E-state index in [4.69, 9.17) is 21.1 Å². The molecule has 32 heavy (non-hydrogen) atoms. The average molecular weight is 482 g/mol. The van der Waals surface area contributed by atoms with Crippen LogP contribution in [0.5, 0.6) is 5.75 Å². The minimum atomic E-state index is -4.08. The van der Waals surface area contributed by atoms with E-state index in [0.717, 1.165) is 18.7 Å². The SMILES string of the molecule is COc1ccc(Cl)cc1S(=O)(=O)N[C@@H](Cc1ccccc1)C(=O)NCCN1CCOCC1. The van der Waals surface area contributed by atoms with Crippen molar-refractivity contribution >= 4 is 27.5 Å². The van der Waals surface area contributed by atoms with E-state index in [-0.39, 0.29) is 22.1 Å². The molecule has 0 radical (unpaired) electrons. The van der Waals surface area contributed by atoms with Gasteiger partial charge >= 0.3 is 0 Å². The van der Waals surface area contributed by atoms with Gasteiger partial charge in [-0.1, -0.05) is 41.9 Å². The third-order valence-corrected chi connectivity index (χ3v) is 6.87. The second-order valence-electron chi connectivity index (χ2n) is 7.40. The molecule has 1 heterocycles. The van der Waals surface area contributed by atoms with Crippen LogP contribution in [-0.4, -0.2) is 71.8 Å². The zero-order valence-corrected chi connectivity index (χ0v) is 19.5. The van der Waals surface area contributed by atoms with Crippen LogP contribution in [0.1, 0.15) is 5.56 Å². The molecular formula is C22H28ClN3O5S. The van der Waals surface area contributed by atoms with Crippen molar-refractivity contribution in [3.05, 3.63) is 59.1 Å². The van der Waals surface area contributed by atoms with E-state index in [2.05, 4.69) is 14.9 Å². The molecule has 0 aromatic heterocycles. The number of nitrogens with one attached hydrogen (secondary N) is 2. The summed E-state index contributed by atoms with van der Waals surface area (Å²) >= 11 is 6.01. The van der Waals surface area contributed by atoms with Crippen LogP contribution in [0.3, 0.4) is 0 Å². The van der Waals surface area contributed by atoms with Crippen LogP contribution in [0.15, 0.2) is 53.4 Å². The van der Waals surface area contributed by atoms with Crippen LogP contribution in [-0.2, 0) is 26.0 Å². The summed E-state index contributed by atoms with van der Waals surface area (Å²) in [4.78, 5) is 15.1. The summed E-state index contributed by atoms with van der Waals surface area (Å²) in [6.45, 7) is 4.04. The number of sulfonamides is 1. The van der Waals surface area contributed by atoms with E-state index < -0.39 is 22.0 Å². The van der Waals surface area contributed by atoms with Crippen LogP contribution in [0.2, 0.25) is 5.02 Å². The van der Waals surface area contributed by atoms with Crippen molar-refractivity contribution in [2.75, 3.05) is 46.5 Å². The third kappa shape index (κ3) is 6.91. The molecule has 1 aliphatic heterocycles. The van der Waals surface area contributed by atoms with Gasteiger partial charge in [0.25, 0.3) is 0 Å². The number of carbonyl (C=O) groups is 1. The zero-order valence-electron chi connectivity index (χ0n) is 17.9. The van der Waals surface area contributed by atoms with Gasteiger partial charge < -0.3 is 14.8 Å². The highest BCUT2D eigenvalue weighted by Crippen LogP contribution is 2.27. The molecule has 0 saturated carbocycles. The maximum atomic E-state index is 13.1. The Morgan fingerprint density at radius 3 is 2.59 bits per heavy atom. The molecule has 0 bridgehead atoms. The highest BCUT2D eigenvalue weighted by atomic mass is 35.5. The van der Waals surface area contributed by atoms with Crippen LogP contribution >= 0.6 is 11.6 Å². The number of amides is 1. The molecule has 2 aromatic carbocycles. The maximum Gasteiger partial charge on any atom is 0.245 e. The lowest BCUT2D eigenvalue weighted by Crippen LogP contribution is -2.50. The molecule has 1 aliphatic rings. The van der Waals surface area contributed by atoms with Gasteiger partial charge in [-0.2, -0.15) is 4.72 Å². The van der Waals surface area contributed by atoms with Gasteiger partial charge in [0.1, 0.15) is 16.7 Å². The molecule has 1 fully saturated rings. The number of methoxy groups -OCH3 is 1. The average Bonchev–Trinajstić information content (AvgIpc) is 2.80. The Morgan fingerprint density at radius 1 is 1.19 bits per heavy atom. The number of morpholine rings is 1. The molecule has 8 nitrogen and oxygen atoms in total. The van der Waals surface area contributed by atoms with Gasteiger partial charge in [0, 0.05) is 31.2 Å². The van der Waals surface area contributed by atoms with Crippen LogP contribution < -0.4 is 14.8 Å². The lowest BCUT2D eigenvalue weighted by Gasteiger charge is -2.27. The molecule has 1 amide bonds. The van der Waals surface area contributed by atoms with E-state index in [9.17, 15) is 13.2 Å². The Balaban J connectivity index is 1.74. The first-order valence-corrected chi connectivity index (χ1v) is 12.2. The van der Waals surface area contributed by atoms with E-state index in [1.807, 2.05) is 30.3 Å². The Labute approximate surface area is 193 Å². The highest BCUT2D eigenvalue weighted by Gasteiger charge is 2.28. The van der Waals surface area contributed by atoms with E-state index in [0.29, 0.717) is 26.3 Å². The number of hydrogen-bond acceptors (Lipinski definition) is 6. The first kappa shape index (κ1) is 24.5. The lowest BCUT2D eigenvalue weighted by atomic mass is 10.1. The fourth-order valence-corrected chi connectivity index (χ4v) is 5.06. The number of rotatable bonds is 10. The number of hydrogen-bond donors (Lipinski definition) is 2. The Morgan fingerprint density at radius 2 is 1.91 bits per heavy atom. The van der Waals surface area contributed by atoms with Gasteiger partial charge in [-0.15, -0.1) is 0 Å². The highest BCUT2D eigenvalue weighted by molar-refractivity contribution is 7.89. The molecule has 1 saturated heterocycles. The Bertz CT molecular complexity index is 998. The number of nitrogens with zero attached hydrogens (tertiary/aromatic N) is 1. The second kappa shape index (κ2) is 11.6. The number of halogens is 1. The number of carbonyl (C=O) groups excluding carboxylic acids is 1. The molecule has 0 unspecified atom stereocenters. The summed E-state index contributed by atoms with van der Waals surface area (Å²) in [7, 11) is -2.71. The zero-order chi connectivity index (χ0) is 23.0. The van der Waals surface area contributed by atoms with Crippen molar-refractivity contribution in [2.45, 2.75) is 17.4 Å². The molecule has 2 N–H and O–H groups in total. The Hall–Kier alpha value is -2.17. The van der Waals surface area contributed by atoms with Crippen molar-refractivity contribution in [1.29, 1.82) is 0 Å². The van der Waals surface area contributed by atoms with E-state index in [1.165, 1.54) is 19.2 Å². The summed E-state index contributed by atoms with van der Waals surface area (Å²) in [6, 6.07) is 12.6. The largest absolute Gasteiger partial charge is 0.495 e. The lowest BCUT2D eigenvalue weighted by molar-refractivity contribution is -0.122. The molecule has 2 aromatic rings. The first-order chi connectivity index (χ1) is 15.4. The van der Waals surface area contributed by atoms with Gasteiger partial charge in [-0.3, -0.25) is 9.69 Å². The maximum absolute atomic E-state index is 13.1. The summed E-state index contributed by atoms with van der Waals surface area (Å²) in [5, 5.41) is 3.11. The van der Waals surface area contributed by atoms with Gasteiger partial charge in [0.15, 0.2) is 0 Å². The van der Waals surface area contributed by atoms with Crippen molar-refractivity contribution < 1.29 is 22.7 Å². The molecular weight excluding hydrogens is 454 g/mol. The topological polar surface area (TPSA) is 97.0 Å². The predicted molar refractivity (Wildman–Crippen MR) is 123 cm³/mol. The summed E-state index contributed by atoms with van der Waals surface area (Å²) in [5.41, 5.74) is 0.835. The summed E-state index contributed by atoms with van der Waals surface area (Å²) < 4.78 is 39.3. The van der Waals surface area contributed by atoms with Crippen LogP contribution in [0.25, 0.3) is 0 Å². The molecule has 3 rings (SSSR count). The van der Waals surface area contributed by atoms with Crippen LogP contribution in [0.4, 0.5) is 0 Å². The Kier molecular flexibility index (Phi) is 8.89.